The van der Waals surface area contributed by atoms with Crippen molar-refractivity contribution < 1.29 is 4.74 Å². The molecule has 0 atom stereocenters. The van der Waals surface area contributed by atoms with Crippen LogP contribution < -0.4 is 10.3 Å². The van der Waals surface area contributed by atoms with Gasteiger partial charge in [0.05, 0.1) is 5.69 Å². The Labute approximate surface area is 140 Å². The molecule has 0 unspecified atom stereocenters. The van der Waals surface area contributed by atoms with E-state index in [0.29, 0.717) is 17.9 Å². The molecule has 0 aliphatic carbocycles. The lowest BCUT2D eigenvalue weighted by Gasteiger charge is -2.10. The zero-order valence-electron chi connectivity index (χ0n) is 14.0. The Morgan fingerprint density at radius 3 is 2.62 bits per heavy atom. The fourth-order valence-corrected chi connectivity index (χ4v) is 2.40. The molecule has 122 valence electrons. The molecule has 2 heterocycles. The van der Waals surface area contributed by atoms with E-state index in [0.717, 1.165) is 28.1 Å². The van der Waals surface area contributed by atoms with Gasteiger partial charge in [0.1, 0.15) is 5.75 Å². The molecule has 0 amide bonds. The average Bonchev–Trinajstić information content (AvgIpc) is 2.54. The van der Waals surface area contributed by atoms with Crippen molar-refractivity contribution in [1.29, 1.82) is 0 Å². The van der Waals surface area contributed by atoms with Gasteiger partial charge in [-0.05, 0) is 55.7 Å². The van der Waals surface area contributed by atoms with Crippen LogP contribution in [0.3, 0.4) is 0 Å². The zero-order valence-corrected chi connectivity index (χ0v) is 14.0. The van der Waals surface area contributed by atoms with Crippen molar-refractivity contribution >= 4 is 0 Å². The lowest BCUT2D eigenvalue weighted by atomic mass is 10.1. The second kappa shape index (κ2) is 6.66. The SMILES string of the molecule is Cc1ccnc(Oc2cc(Cc3cc(C)c(=O)[nH]n3)ccc2C)c1. The summed E-state index contributed by atoms with van der Waals surface area (Å²) in [7, 11) is 0. The number of H-pyrrole nitrogens is 1. The van der Waals surface area contributed by atoms with Crippen molar-refractivity contribution in [2.24, 2.45) is 0 Å². The topological polar surface area (TPSA) is 67.9 Å². The van der Waals surface area contributed by atoms with Crippen LogP contribution in [0.1, 0.15) is 27.9 Å². The molecule has 0 aliphatic heterocycles. The fourth-order valence-electron chi connectivity index (χ4n) is 2.40. The summed E-state index contributed by atoms with van der Waals surface area (Å²) in [5.41, 5.74) is 4.51. The number of pyridine rings is 1. The Hall–Kier alpha value is -2.95. The third-order valence-electron chi connectivity index (χ3n) is 3.79. The number of aromatic amines is 1. The second-order valence-corrected chi connectivity index (χ2v) is 5.92. The third kappa shape index (κ3) is 3.68. The third-order valence-corrected chi connectivity index (χ3v) is 3.79. The van der Waals surface area contributed by atoms with E-state index in [2.05, 4.69) is 15.2 Å². The van der Waals surface area contributed by atoms with Gasteiger partial charge in [0.2, 0.25) is 5.88 Å². The van der Waals surface area contributed by atoms with Gasteiger partial charge >= 0.3 is 0 Å². The van der Waals surface area contributed by atoms with E-state index in [1.165, 1.54) is 0 Å². The van der Waals surface area contributed by atoms with E-state index in [9.17, 15) is 4.79 Å². The highest BCUT2D eigenvalue weighted by Crippen LogP contribution is 2.26. The summed E-state index contributed by atoms with van der Waals surface area (Å²) in [6, 6.07) is 11.7. The van der Waals surface area contributed by atoms with Crippen LogP contribution in [0.15, 0.2) is 47.4 Å². The van der Waals surface area contributed by atoms with Crippen molar-refractivity contribution in [3.05, 3.63) is 80.9 Å². The Bertz CT molecular complexity index is 932. The molecule has 2 aromatic heterocycles. The normalized spacial score (nSPS) is 10.6. The van der Waals surface area contributed by atoms with Crippen LogP contribution in [0.2, 0.25) is 0 Å². The number of ether oxygens (including phenoxy) is 1. The van der Waals surface area contributed by atoms with Crippen LogP contribution in [0, 0.1) is 20.8 Å². The largest absolute Gasteiger partial charge is 0.439 e. The van der Waals surface area contributed by atoms with Crippen LogP contribution in [0.4, 0.5) is 0 Å². The summed E-state index contributed by atoms with van der Waals surface area (Å²) >= 11 is 0. The van der Waals surface area contributed by atoms with Crippen molar-refractivity contribution in [2.75, 3.05) is 0 Å². The maximum Gasteiger partial charge on any atom is 0.267 e. The number of aryl methyl sites for hydroxylation is 3. The molecule has 0 radical (unpaired) electrons. The van der Waals surface area contributed by atoms with Gasteiger partial charge in [0.25, 0.3) is 5.56 Å². The first-order chi connectivity index (χ1) is 11.5. The van der Waals surface area contributed by atoms with Crippen molar-refractivity contribution in [2.45, 2.75) is 27.2 Å². The standard InChI is InChI=1S/C19H19N3O2/c1-12-6-7-20-18(8-12)24-17-11-15(5-4-13(17)2)10-16-9-14(3)19(23)22-21-16/h4-9,11H,10H2,1-3H3,(H,22,23). The molecule has 0 saturated heterocycles. The predicted octanol–water partition coefficient (Wildman–Crippen LogP) is 3.47. The highest BCUT2D eigenvalue weighted by molar-refractivity contribution is 5.40. The van der Waals surface area contributed by atoms with Crippen LogP contribution in [-0.2, 0) is 6.42 Å². The Balaban J connectivity index is 1.85. The maximum atomic E-state index is 11.4. The second-order valence-electron chi connectivity index (χ2n) is 5.92. The number of aromatic nitrogens is 3. The van der Waals surface area contributed by atoms with Gasteiger partial charge in [-0.3, -0.25) is 4.79 Å². The molecular weight excluding hydrogens is 302 g/mol. The van der Waals surface area contributed by atoms with E-state index in [4.69, 9.17) is 4.74 Å². The van der Waals surface area contributed by atoms with Crippen LogP contribution in [0.25, 0.3) is 0 Å². The van der Waals surface area contributed by atoms with Crippen LogP contribution in [0.5, 0.6) is 11.6 Å². The lowest BCUT2D eigenvalue weighted by molar-refractivity contribution is 0.458. The van der Waals surface area contributed by atoms with Gasteiger partial charge in [-0.1, -0.05) is 12.1 Å². The molecular formula is C19H19N3O2. The highest BCUT2D eigenvalue weighted by atomic mass is 16.5. The number of benzene rings is 1. The molecule has 24 heavy (non-hydrogen) atoms. The predicted molar refractivity (Wildman–Crippen MR) is 92.6 cm³/mol. The first-order valence-electron chi connectivity index (χ1n) is 7.76. The van der Waals surface area contributed by atoms with Crippen molar-refractivity contribution in [3.8, 4) is 11.6 Å². The van der Waals surface area contributed by atoms with Gasteiger partial charge in [-0.2, -0.15) is 5.10 Å². The smallest absolute Gasteiger partial charge is 0.267 e. The van der Waals surface area contributed by atoms with E-state index in [1.807, 2.05) is 44.2 Å². The minimum Gasteiger partial charge on any atom is -0.439 e. The minimum absolute atomic E-state index is 0.155. The Morgan fingerprint density at radius 1 is 1.04 bits per heavy atom. The molecule has 0 spiro atoms. The summed E-state index contributed by atoms with van der Waals surface area (Å²) in [5.74, 6) is 1.35. The van der Waals surface area contributed by atoms with Gasteiger partial charge in [-0.25, -0.2) is 10.1 Å². The molecule has 3 rings (SSSR count). The molecule has 1 aromatic carbocycles. The van der Waals surface area contributed by atoms with E-state index < -0.39 is 0 Å². The summed E-state index contributed by atoms with van der Waals surface area (Å²) in [6.45, 7) is 5.77. The molecule has 0 saturated carbocycles. The zero-order chi connectivity index (χ0) is 17.1. The van der Waals surface area contributed by atoms with Gasteiger partial charge in [-0.15, -0.1) is 0 Å². The molecule has 5 nitrogen and oxygen atoms in total. The Kier molecular flexibility index (Phi) is 4.42. The minimum atomic E-state index is -0.155. The summed E-state index contributed by atoms with van der Waals surface area (Å²) < 4.78 is 5.92. The summed E-state index contributed by atoms with van der Waals surface area (Å²) in [5, 5.41) is 6.61. The lowest BCUT2D eigenvalue weighted by Crippen LogP contribution is -2.12. The fraction of sp³-hybridized carbons (Fsp3) is 0.211. The van der Waals surface area contributed by atoms with Crippen molar-refractivity contribution in [1.82, 2.24) is 15.2 Å². The van der Waals surface area contributed by atoms with Gasteiger partial charge in [0, 0.05) is 24.2 Å². The van der Waals surface area contributed by atoms with E-state index in [-0.39, 0.29) is 5.56 Å². The first kappa shape index (κ1) is 15.9. The number of hydrogen-bond acceptors (Lipinski definition) is 4. The molecule has 0 fully saturated rings. The summed E-state index contributed by atoms with van der Waals surface area (Å²) in [6.07, 6.45) is 2.35. The summed E-state index contributed by atoms with van der Waals surface area (Å²) in [4.78, 5) is 15.6. The monoisotopic (exact) mass is 321 g/mol. The van der Waals surface area contributed by atoms with Gasteiger partial charge in [0.15, 0.2) is 0 Å². The molecule has 0 bridgehead atoms. The number of nitrogens with one attached hydrogen (secondary N) is 1. The van der Waals surface area contributed by atoms with E-state index in [1.54, 1.807) is 19.2 Å². The highest BCUT2D eigenvalue weighted by Gasteiger charge is 2.07. The first-order valence-corrected chi connectivity index (χ1v) is 7.76. The molecule has 1 N–H and O–H groups in total. The van der Waals surface area contributed by atoms with Crippen LogP contribution >= 0.6 is 0 Å². The average molecular weight is 321 g/mol. The van der Waals surface area contributed by atoms with Gasteiger partial charge < -0.3 is 4.74 Å². The van der Waals surface area contributed by atoms with E-state index >= 15 is 0 Å². The Morgan fingerprint density at radius 2 is 1.88 bits per heavy atom. The number of rotatable bonds is 4. The number of nitrogens with zero attached hydrogens (tertiary/aromatic N) is 2. The quantitative estimate of drug-likeness (QED) is 0.799. The van der Waals surface area contributed by atoms with Crippen LogP contribution in [-0.4, -0.2) is 15.2 Å². The molecule has 3 aromatic rings. The molecule has 0 aliphatic rings. The number of hydrogen-bond donors (Lipinski definition) is 1. The maximum absolute atomic E-state index is 11.4. The van der Waals surface area contributed by atoms with Crippen molar-refractivity contribution in [3.63, 3.8) is 0 Å². The molecule has 5 heteroatoms.